The van der Waals surface area contributed by atoms with Crippen LogP contribution >= 0.6 is 15.9 Å². The van der Waals surface area contributed by atoms with Gasteiger partial charge in [-0.15, -0.1) is 0 Å². The highest BCUT2D eigenvalue weighted by molar-refractivity contribution is 9.10. The molecule has 1 aromatic heterocycles. The fourth-order valence-electron chi connectivity index (χ4n) is 1.29. The van der Waals surface area contributed by atoms with Gasteiger partial charge in [-0.1, -0.05) is 0 Å². The Morgan fingerprint density at radius 2 is 2.42 bits per heavy atom. The summed E-state index contributed by atoms with van der Waals surface area (Å²) in [5, 5.41) is 3.47. The van der Waals surface area contributed by atoms with Gasteiger partial charge in [-0.3, -0.25) is 0 Å². The molecule has 1 heterocycles. The Balaban J connectivity index is 2.02. The van der Waals surface area contributed by atoms with Gasteiger partial charge in [-0.2, -0.15) is 0 Å². The molecule has 1 aliphatic rings. The molecular formula is C9H12BrNO. The molecule has 0 aliphatic heterocycles. The highest BCUT2D eigenvalue weighted by Crippen LogP contribution is 2.28. The predicted octanol–water partition coefficient (Wildman–Crippen LogP) is 2.86. The largest absolute Gasteiger partial charge is 0.466 e. The maximum atomic E-state index is 5.35. The van der Waals surface area contributed by atoms with Crippen LogP contribution in [-0.4, -0.2) is 6.04 Å². The zero-order valence-corrected chi connectivity index (χ0v) is 8.60. The summed E-state index contributed by atoms with van der Waals surface area (Å²) < 4.78 is 6.40. The first kappa shape index (κ1) is 8.32. The summed E-state index contributed by atoms with van der Waals surface area (Å²) in [6.45, 7) is 2.13. The zero-order chi connectivity index (χ0) is 8.55. The van der Waals surface area contributed by atoms with Crippen LogP contribution < -0.4 is 5.32 Å². The van der Waals surface area contributed by atoms with E-state index in [9.17, 15) is 0 Å². The monoisotopic (exact) mass is 229 g/mol. The molecule has 2 rings (SSSR count). The van der Waals surface area contributed by atoms with Crippen LogP contribution in [0.2, 0.25) is 0 Å². The number of hydrogen-bond donors (Lipinski definition) is 1. The van der Waals surface area contributed by atoms with Gasteiger partial charge < -0.3 is 9.73 Å². The fraction of sp³-hybridized carbons (Fsp3) is 0.556. The molecule has 1 unspecified atom stereocenters. The van der Waals surface area contributed by atoms with Crippen molar-refractivity contribution in [3.8, 4) is 0 Å². The van der Waals surface area contributed by atoms with Crippen LogP contribution in [0.4, 0.5) is 0 Å². The van der Waals surface area contributed by atoms with Gasteiger partial charge in [0.1, 0.15) is 5.76 Å². The Hall–Kier alpha value is -0.280. The van der Waals surface area contributed by atoms with E-state index in [-0.39, 0.29) is 0 Å². The van der Waals surface area contributed by atoms with E-state index >= 15 is 0 Å². The summed E-state index contributed by atoms with van der Waals surface area (Å²) in [6, 6.07) is 2.97. The predicted molar refractivity (Wildman–Crippen MR) is 51.0 cm³/mol. The van der Waals surface area contributed by atoms with Gasteiger partial charge in [-0.05, 0) is 41.8 Å². The molecule has 0 amide bonds. The highest BCUT2D eigenvalue weighted by Gasteiger charge is 2.25. The molecule has 0 aromatic carbocycles. The Labute approximate surface area is 80.5 Å². The number of furan rings is 1. The van der Waals surface area contributed by atoms with E-state index in [4.69, 9.17) is 4.42 Å². The van der Waals surface area contributed by atoms with Gasteiger partial charge in [0.05, 0.1) is 16.8 Å². The summed E-state index contributed by atoms with van der Waals surface area (Å²) in [5.74, 6) is 1.00. The maximum absolute atomic E-state index is 5.35. The summed E-state index contributed by atoms with van der Waals surface area (Å²) in [7, 11) is 0. The average Bonchev–Trinajstić information content (AvgIpc) is 2.72. The highest BCUT2D eigenvalue weighted by atomic mass is 79.9. The van der Waals surface area contributed by atoms with Crippen molar-refractivity contribution < 1.29 is 4.42 Å². The smallest absolute Gasteiger partial charge is 0.134 e. The van der Waals surface area contributed by atoms with Gasteiger partial charge in [0.25, 0.3) is 0 Å². The van der Waals surface area contributed by atoms with Crippen LogP contribution in [0.15, 0.2) is 21.2 Å². The van der Waals surface area contributed by atoms with Crippen molar-refractivity contribution in [1.82, 2.24) is 5.32 Å². The van der Waals surface area contributed by atoms with Crippen LogP contribution in [0, 0.1) is 0 Å². The quantitative estimate of drug-likeness (QED) is 0.863. The van der Waals surface area contributed by atoms with Gasteiger partial charge in [-0.25, -0.2) is 0 Å². The molecule has 2 nitrogen and oxygen atoms in total. The Kier molecular flexibility index (Phi) is 2.24. The first-order valence-corrected chi connectivity index (χ1v) is 5.05. The lowest BCUT2D eigenvalue weighted by molar-refractivity contribution is 0.427. The third-order valence-corrected chi connectivity index (χ3v) is 2.76. The molecule has 1 N–H and O–H groups in total. The van der Waals surface area contributed by atoms with Crippen molar-refractivity contribution in [1.29, 1.82) is 0 Å². The van der Waals surface area contributed by atoms with Crippen molar-refractivity contribution in [2.75, 3.05) is 0 Å². The minimum Gasteiger partial charge on any atom is -0.466 e. The molecule has 12 heavy (non-hydrogen) atoms. The molecule has 0 radical (unpaired) electrons. The maximum Gasteiger partial charge on any atom is 0.134 e. The zero-order valence-electron chi connectivity index (χ0n) is 7.01. The van der Waals surface area contributed by atoms with Crippen LogP contribution in [0.1, 0.15) is 31.6 Å². The molecule has 0 spiro atoms. The Morgan fingerprint density at radius 1 is 1.67 bits per heavy atom. The lowest BCUT2D eigenvalue weighted by atomic mass is 10.2. The van der Waals surface area contributed by atoms with Crippen LogP contribution in [0.25, 0.3) is 0 Å². The van der Waals surface area contributed by atoms with Crippen molar-refractivity contribution >= 4 is 15.9 Å². The van der Waals surface area contributed by atoms with E-state index in [1.807, 2.05) is 6.07 Å². The second-order valence-corrected chi connectivity index (χ2v) is 4.15. The summed E-state index contributed by atoms with van der Waals surface area (Å²) >= 11 is 3.44. The number of rotatable bonds is 3. The SMILES string of the molecule is CC(NC1CC1)c1occc1Br. The summed E-state index contributed by atoms with van der Waals surface area (Å²) in [6.07, 6.45) is 4.33. The first-order chi connectivity index (χ1) is 5.77. The molecule has 0 saturated heterocycles. The second-order valence-electron chi connectivity index (χ2n) is 3.30. The van der Waals surface area contributed by atoms with E-state index in [1.165, 1.54) is 12.8 Å². The van der Waals surface area contributed by atoms with Gasteiger partial charge >= 0.3 is 0 Å². The average molecular weight is 230 g/mol. The second kappa shape index (κ2) is 3.23. The molecular weight excluding hydrogens is 218 g/mol. The third kappa shape index (κ3) is 1.72. The topological polar surface area (TPSA) is 25.2 Å². The van der Waals surface area contributed by atoms with E-state index in [1.54, 1.807) is 6.26 Å². The number of halogens is 1. The normalized spacial score (nSPS) is 19.5. The van der Waals surface area contributed by atoms with Crippen LogP contribution in [-0.2, 0) is 0 Å². The Morgan fingerprint density at radius 3 is 2.92 bits per heavy atom. The van der Waals surface area contributed by atoms with Crippen molar-refractivity contribution in [2.24, 2.45) is 0 Å². The molecule has 1 aromatic rings. The minimum absolute atomic E-state index is 0.321. The number of nitrogens with one attached hydrogen (secondary N) is 1. The molecule has 1 atom stereocenters. The van der Waals surface area contributed by atoms with Gasteiger partial charge in [0.15, 0.2) is 0 Å². The lowest BCUT2D eigenvalue weighted by Crippen LogP contribution is -2.20. The van der Waals surface area contributed by atoms with E-state index in [2.05, 4.69) is 28.2 Å². The summed E-state index contributed by atoms with van der Waals surface area (Å²) in [4.78, 5) is 0. The van der Waals surface area contributed by atoms with Crippen LogP contribution in [0.5, 0.6) is 0 Å². The standard InChI is InChI=1S/C9H12BrNO/c1-6(11-7-2-3-7)9-8(10)4-5-12-9/h4-7,11H,2-3H2,1H3. The first-order valence-electron chi connectivity index (χ1n) is 4.26. The fourth-order valence-corrected chi connectivity index (χ4v) is 1.84. The molecule has 1 fully saturated rings. The van der Waals surface area contributed by atoms with E-state index in [0.29, 0.717) is 6.04 Å². The molecule has 66 valence electrons. The van der Waals surface area contributed by atoms with Gasteiger partial charge in [0, 0.05) is 6.04 Å². The van der Waals surface area contributed by atoms with Crippen LogP contribution in [0.3, 0.4) is 0 Å². The Bertz CT molecular complexity index is 267. The van der Waals surface area contributed by atoms with E-state index < -0.39 is 0 Å². The number of hydrogen-bond acceptors (Lipinski definition) is 2. The molecule has 1 aliphatic carbocycles. The minimum atomic E-state index is 0.321. The molecule has 0 bridgehead atoms. The third-order valence-electron chi connectivity index (χ3n) is 2.10. The lowest BCUT2D eigenvalue weighted by Gasteiger charge is -2.10. The van der Waals surface area contributed by atoms with Gasteiger partial charge in [0.2, 0.25) is 0 Å². The molecule has 1 saturated carbocycles. The van der Waals surface area contributed by atoms with Crippen molar-refractivity contribution in [2.45, 2.75) is 31.8 Å². The summed E-state index contributed by atoms with van der Waals surface area (Å²) in [5.41, 5.74) is 0. The van der Waals surface area contributed by atoms with Crippen molar-refractivity contribution in [3.05, 3.63) is 22.6 Å². The molecule has 3 heteroatoms. The van der Waals surface area contributed by atoms with Crippen molar-refractivity contribution in [3.63, 3.8) is 0 Å². The van der Waals surface area contributed by atoms with E-state index in [0.717, 1.165) is 16.3 Å².